The van der Waals surface area contributed by atoms with Gasteiger partial charge in [0, 0.05) is 30.8 Å². The third kappa shape index (κ3) is 3.39. The van der Waals surface area contributed by atoms with Crippen LogP contribution in [0.3, 0.4) is 0 Å². The number of ether oxygens (including phenoxy) is 1. The lowest BCUT2D eigenvalue weighted by Gasteiger charge is -2.34. The van der Waals surface area contributed by atoms with E-state index in [0.717, 1.165) is 37.6 Å². The number of nitrogens with one attached hydrogen (secondary N) is 1. The van der Waals surface area contributed by atoms with Gasteiger partial charge in [0.2, 0.25) is 0 Å². The largest absolute Gasteiger partial charge is 0.486 e. The molecule has 0 fully saturated rings. The van der Waals surface area contributed by atoms with Gasteiger partial charge in [0.05, 0.1) is 30.7 Å². The molecule has 0 spiro atoms. The van der Waals surface area contributed by atoms with Crippen LogP contribution in [-0.2, 0) is 13.1 Å². The van der Waals surface area contributed by atoms with Crippen molar-refractivity contribution in [2.24, 2.45) is 0 Å². The van der Waals surface area contributed by atoms with Gasteiger partial charge in [-0.15, -0.1) is 0 Å². The summed E-state index contributed by atoms with van der Waals surface area (Å²) in [7, 11) is 2.09. The highest BCUT2D eigenvalue weighted by Gasteiger charge is 2.25. The van der Waals surface area contributed by atoms with Gasteiger partial charge in [-0.05, 0) is 33.0 Å². The maximum absolute atomic E-state index is 14.7. The zero-order valence-corrected chi connectivity index (χ0v) is 17.4. The van der Waals surface area contributed by atoms with E-state index in [-0.39, 0.29) is 6.04 Å². The number of oxazole rings is 1. The van der Waals surface area contributed by atoms with Crippen molar-refractivity contribution in [3.8, 4) is 17.1 Å². The quantitative estimate of drug-likeness (QED) is 0.703. The molecule has 1 aromatic carbocycles. The molecule has 0 saturated carbocycles. The summed E-state index contributed by atoms with van der Waals surface area (Å²) < 4.78 is 28.1. The monoisotopic (exact) mass is 412 g/mol. The fraction of sp³-hybridized carbons (Fsp3) is 0.429. The van der Waals surface area contributed by atoms with Gasteiger partial charge in [0.1, 0.15) is 6.61 Å². The molecule has 158 valence electrons. The number of hydrogen-bond donors (Lipinski definition) is 1. The Morgan fingerprint density at radius 1 is 1.17 bits per heavy atom. The zero-order valence-electron chi connectivity index (χ0n) is 17.4. The number of halogens is 1. The molecule has 1 N–H and O–H groups in total. The normalized spacial score (nSPS) is 16.4. The summed E-state index contributed by atoms with van der Waals surface area (Å²) >= 11 is 0. The van der Waals surface area contributed by atoms with Gasteiger partial charge in [0.25, 0.3) is 0 Å². The fourth-order valence-corrected chi connectivity index (χ4v) is 4.01. The molecular weight excluding hydrogens is 387 g/mol. The Bertz CT molecular complexity index is 1080. The van der Waals surface area contributed by atoms with Gasteiger partial charge in [-0.3, -0.25) is 14.9 Å². The van der Waals surface area contributed by atoms with E-state index in [1.165, 1.54) is 6.07 Å². The number of likely N-dealkylation sites (N-methyl/N-ethyl adjacent to an activating group) is 1. The van der Waals surface area contributed by atoms with Crippen LogP contribution in [0.5, 0.6) is 5.75 Å². The number of benzene rings is 1. The van der Waals surface area contributed by atoms with Crippen molar-refractivity contribution in [2.45, 2.75) is 33.0 Å². The van der Waals surface area contributed by atoms with E-state index >= 15 is 0 Å². The van der Waals surface area contributed by atoms with Crippen LogP contribution >= 0.6 is 0 Å². The van der Waals surface area contributed by atoms with E-state index in [9.17, 15) is 4.39 Å². The molecule has 0 amide bonds. The van der Waals surface area contributed by atoms with Crippen LogP contribution in [0.15, 0.2) is 28.8 Å². The average Bonchev–Trinajstić information content (AvgIpc) is 3.33. The molecule has 30 heavy (non-hydrogen) atoms. The van der Waals surface area contributed by atoms with Crippen LogP contribution in [0.1, 0.15) is 19.5 Å². The van der Waals surface area contributed by atoms with E-state index in [2.05, 4.69) is 46.1 Å². The van der Waals surface area contributed by atoms with Crippen LogP contribution in [-0.4, -0.2) is 52.5 Å². The predicted molar refractivity (Wildman–Crippen MR) is 112 cm³/mol. The molecule has 0 aliphatic carbocycles. The summed E-state index contributed by atoms with van der Waals surface area (Å²) in [5, 5.41) is 7.67. The molecule has 0 saturated heterocycles. The minimum atomic E-state index is -0.398. The first-order valence-corrected chi connectivity index (χ1v) is 10.2. The Morgan fingerprint density at radius 3 is 2.87 bits per heavy atom. The standard InChI is InChI=1S/C21H25FN6O2/c1-13(2)27-6-7-29-20-16(22)8-14(9-17(20)27)18-11-23-21(30-18)24-19-10-15-12-26(3)4-5-28(15)25-19/h8-11,13H,4-7,12H2,1-3H3,(H,23,24,25). The molecular formula is C21H25FN6O2. The number of fused-ring (bicyclic) bond motifs is 2. The Balaban J connectivity index is 1.41. The van der Waals surface area contributed by atoms with Crippen molar-refractivity contribution in [2.75, 3.05) is 37.0 Å². The zero-order chi connectivity index (χ0) is 20.8. The third-order valence-electron chi connectivity index (χ3n) is 5.55. The van der Waals surface area contributed by atoms with Crippen LogP contribution in [0.25, 0.3) is 11.3 Å². The lowest BCUT2D eigenvalue weighted by molar-refractivity contribution is 0.259. The summed E-state index contributed by atoms with van der Waals surface area (Å²) in [6.45, 7) is 8.04. The smallest absolute Gasteiger partial charge is 0.300 e. The first kappa shape index (κ1) is 18.9. The minimum absolute atomic E-state index is 0.236. The molecule has 8 nitrogen and oxygen atoms in total. The molecule has 9 heteroatoms. The van der Waals surface area contributed by atoms with Gasteiger partial charge in [-0.1, -0.05) is 0 Å². The summed E-state index contributed by atoms with van der Waals surface area (Å²) in [5.74, 6) is 1.07. The lowest BCUT2D eigenvalue weighted by atomic mass is 10.1. The summed E-state index contributed by atoms with van der Waals surface area (Å²) in [6, 6.07) is 5.88. The first-order valence-electron chi connectivity index (χ1n) is 10.2. The van der Waals surface area contributed by atoms with E-state index in [0.29, 0.717) is 35.5 Å². The molecule has 2 aliphatic heterocycles. The molecule has 5 rings (SSSR count). The van der Waals surface area contributed by atoms with E-state index in [1.807, 2.05) is 16.8 Å². The minimum Gasteiger partial charge on any atom is -0.486 e. The second-order valence-corrected chi connectivity index (χ2v) is 8.08. The van der Waals surface area contributed by atoms with Crippen molar-refractivity contribution in [3.05, 3.63) is 35.9 Å². The van der Waals surface area contributed by atoms with E-state index in [1.54, 1.807) is 6.20 Å². The van der Waals surface area contributed by atoms with Gasteiger partial charge < -0.3 is 14.1 Å². The summed E-state index contributed by atoms with van der Waals surface area (Å²) in [4.78, 5) is 8.68. The second-order valence-electron chi connectivity index (χ2n) is 8.08. The number of nitrogens with zero attached hydrogens (tertiary/aromatic N) is 5. The van der Waals surface area contributed by atoms with Crippen molar-refractivity contribution in [1.29, 1.82) is 0 Å². The van der Waals surface area contributed by atoms with Crippen molar-refractivity contribution < 1.29 is 13.5 Å². The highest BCUT2D eigenvalue weighted by Crippen LogP contribution is 2.39. The highest BCUT2D eigenvalue weighted by molar-refractivity contribution is 5.71. The number of rotatable bonds is 4. The Hall–Kier alpha value is -3.07. The average molecular weight is 412 g/mol. The maximum atomic E-state index is 14.7. The van der Waals surface area contributed by atoms with Crippen LogP contribution < -0.4 is 15.0 Å². The van der Waals surface area contributed by atoms with E-state index in [4.69, 9.17) is 9.15 Å². The summed E-state index contributed by atoms with van der Waals surface area (Å²) in [6.07, 6.45) is 1.59. The Morgan fingerprint density at radius 2 is 2.03 bits per heavy atom. The summed E-state index contributed by atoms with van der Waals surface area (Å²) in [5.41, 5.74) is 2.50. The molecule has 4 heterocycles. The molecule has 0 bridgehead atoms. The van der Waals surface area contributed by atoms with Gasteiger partial charge in [0.15, 0.2) is 23.1 Å². The highest BCUT2D eigenvalue weighted by atomic mass is 19.1. The van der Waals surface area contributed by atoms with Gasteiger partial charge in [-0.2, -0.15) is 5.10 Å². The molecule has 2 aliphatic rings. The molecule has 0 unspecified atom stereocenters. The topological polar surface area (TPSA) is 71.6 Å². The first-order chi connectivity index (χ1) is 14.5. The van der Waals surface area contributed by atoms with Crippen molar-refractivity contribution >= 4 is 17.5 Å². The predicted octanol–water partition coefficient (Wildman–Crippen LogP) is 3.47. The number of hydrogen-bond acceptors (Lipinski definition) is 7. The number of aromatic nitrogens is 3. The van der Waals surface area contributed by atoms with E-state index < -0.39 is 5.82 Å². The second kappa shape index (κ2) is 7.32. The number of anilines is 3. The Labute approximate surface area is 174 Å². The Kier molecular flexibility index (Phi) is 4.62. The van der Waals surface area contributed by atoms with Crippen LogP contribution in [0.4, 0.5) is 21.9 Å². The van der Waals surface area contributed by atoms with Crippen LogP contribution in [0.2, 0.25) is 0 Å². The lowest BCUT2D eigenvalue weighted by Crippen LogP contribution is -2.38. The van der Waals surface area contributed by atoms with Crippen molar-refractivity contribution in [1.82, 2.24) is 19.7 Å². The maximum Gasteiger partial charge on any atom is 0.300 e. The molecule has 0 atom stereocenters. The molecule has 3 aromatic rings. The van der Waals surface area contributed by atoms with Gasteiger partial charge in [-0.25, -0.2) is 9.37 Å². The molecule has 0 radical (unpaired) electrons. The SMILES string of the molecule is CC(C)N1CCOc2c(F)cc(-c3cnc(Nc4cc5n(n4)CCN(C)C5)o3)cc21. The van der Waals surface area contributed by atoms with Crippen LogP contribution in [0, 0.1) is 5.82 Å². The van der Waals surface area contributed by atoms with Gasteiger partial charge >= 0.3 is 6.01 Å². The van der Waals surface area contributed by atoms with Crippen molar-refractivity contribution in [3.63, 3.8) is 0 Å². The fourth-order valence-electron chi connectivity index (χ4n) is 4.01. The molecule has 2 aromatic heterocycles. The third-order valence-corrected chi connectivity index (χ3v) is 5.55.